The Morgan fingerprint density at radius 3 is 2.39 bits per heavy atom. The summed E-state index contributed by atoms with van der Waals surface area (Å²) < 4.78 is 17.6. The minimum Gasteiger partial charge on any atom is -0.497 e. The summed E-state index contributed by atoms with van der Waals surface area (Å²) in [6.07, 6.45) is -0.268. The average molecular weight is 319 g/mol. The molecule has 1 aromatic rings. The van der Waals surface area contributed by atoms with E-state index >= 15 is 0 Å². The number of benzene rings is 1. The molecule has 2 heterocycles. The fraction of sp³-hybridized carbons (Fsp3) is 0.562. The normalized spacial score (nSPS) is 21.4. The number of rotatable bonds is 2. The third-order valence-electron chi connectivity index (χ3n) is 5.06. The van der Waals surface area contributed by atoms with Crippen molar-refractivity contribution in [2.45, 2.75) is 45.3 Å². The molecule has 1 aromatic carbocycles. The van der Waals surface area contributed by atoms with Gasteiger partial charge in [0, 0.05) is 12.0 Å². The van der Waals surface area contributed by atoms with E-state index in [4.69, 9.17) is 14.0 Å². The van der Waals surface area contributed by atoms with Crippen LogP contribution in [0.15, 0.2) is 12.1 Å². The van der Waals surface area contributed by atoms with Gasteiger partial charge in [-0.3, -0.25) is 4.90 Å². The van der Waals surface area contributed by atoms with Gasteiger partial charge in [-0.15, -0.1) is 0 Å². The zero-order valence-corrected chi connectivity index (χ0v) is 14.2. The Balaban J connectivity index is 2.03. The highest BCUT2D eigenvalue weighted by Crippen LogP contribution is 2.38. The zero-order valence-electron chi connectivity index (χ0n) is 14.2. The first kappa shape index (κ1) is 16.1. The summed E-state index contributed by atoms with van der Waals surface area (Å²) in [6.45, 7) is 8.39. The Morgan fingerprint density at radius 2 is 1.87 bits per heavy atom. The van der Waals surface area contributed by atoms with Gasteiger partial charge in [-0.25, -0.2) is 4.79 Å². The van der Waals surface area contributed by atoms with Crippen molar-refractivity contribution in [3.05, 3.63) is 17.7 Å². The lowest BCUT2D eigenvalue weighted by molar-refractivity contribution is 0.00578. The molecule has 0 aromatic heterocycles. The van der Waals surface area contributed by atoms with Crippen LogP contribution >= 0.6 is 0 Å². The van der Waals surface area contributed by atoms with Crippen LogP contribution in [0.4, 0.5) is 10.5 Å². The molecule has 0 unspecified atom stereocenters. The van der Waals surface area contributed by atoms with Crippen LogP contribution in [-0.2, 0) is 15.7 Å². The van der Waals surface area contributed by atoms with Crippen LogP contribution in [0.5, 0.6) is 5.75 Å². The van der Waals surface area contributed by atoms with Gasteiger partial charge >= 0.3 is 13.2 Å². The van der Waals surface area contributed by atoms with Gasteiger partial charge < -0.3 is 19.2 Å². The van der Waals surface area contributed by atoms with E-state index in [1.54, 1.807) is 7.11 Å². The maximum Gasteiger partial charge on any atom is 0.498 e. The molecule has 0 radical (unpaired) electrons. The number of carbonyl (C=O) groups is 1. The lowest BCUT2D eigenvalue weighted by atomic mass is 9.77. The van der Waals surface area contributed by atoms with Crippen molar-refractivity contribution in [1.29, 1.82) is 0 Å². The number of nitrogens with zero attached hydrogens (tertiary/aromatic N) is 1. The van der Waals surface area contributed by atoms with Crippen molar-refractivity contribution in [1.82, 2.24) is 0 Å². The Kier molecular flexibility index (Phi) is 3.61. The topological polar surface area (TPSA) is 68.2 Å². The maximum absolute atomic E-state index is 11.4. The summed E-state index contributed by atoms with van der Waals surface area (Å²) >= 11 is 0. The third-order valence-corrected chi connectivity index (χ3v) is 5.06. The lowest BCUT2D eigenvalue weighted by Crippen LogP contribution is -2.41. The van der Waals surface area contributed by atoms with E-state index in [1.807, 2.05) is 39.8 Å². The van der Waals surface area contributed by atoms with E-state index in [2.05, 4.69) is 0 Å². The van der Waals surface area contributed by atoms with Crippen molar-refractivity contribution in [2.75, 3.05) is 18.6 Å². The summed E-state index contributed by atoms with van der Waals surface area (Å²) in [5.74, 6) is 0.662. The second-order valence-corrected chi connectivity index (χ2v) is 7.00. The van der Waals surface area contributed by atoms with Crippen LogP contribution in [0.1, 0.15) is 33.3 Å². The largest absolute Gasteiger partial charge is 0.498 e. The summed E-state index contributed by atoms with van der Waals surface area (Å²) in [7, 11) is 1.01. The molecule has 6 nitrogen and oxygen atoms in total. The van der Waals surface area contributed by atoms with Gasteiger partial charge in [-0.1, -0.05) is 0 Å². The minimum absolute atomic E-state index is 0.459. The maximum atomic E-state index is 11.4. The van der Waals surface area contributed by atoms with Gasteiger partial charge in [0.2, 0.25) is 0 Å². The van der Waals surface area contributed by atoms with E-state index in [0.717, 1.165) is 11.0 Å². The number of amides is 1. The Labute approximate surface area is 136 Å². The van der Waals surface area contributed by atoms with Gasteiger partial charge in [0.25, 0.3) is 0 Å². The molecule has 0 saturated carbocycles. The number of hydrogen-bond donors (Lipinski definition) is 1. The predicted octanol–water partition coefficient (Wildman–Crippen LogP) is 2.03. The van der Waals surface area contributed by atoms with Gasteiger partial charge in [-0.2, -0.15) is 0 Å². The first-order chi connectivity index (χ1) is 10.7. The van der Waals surface area contributed by atoms with Crippen LogP contribution in [0, 0.1) is 0 Å². The molecule has 23 heavy (non-hydrogen) atoms. The molecule has 0 spiro atoms. The molecule has 7 heteroatoms. The molecule has 2 aliphatic rings. The number of ether oxygens (including phenoxy) is 1. The van der Waals surface area contributed by atoms with Crippen LogP contribution in [0.3, 0.4) is 0 Å². The molecule has 3 rings (SSSR count). The zero-order chi connectivity index (χ0) is 17.0. The molecule has 124 valence electrons. The number of hydrogen-bond acceptors (Lipinski definition) is 4. The second kappa shape index (κ2) is 5.14. The molecule has 2 aliphatic heterocycles. The highest BCUT2D eigenvalue weighted by Gasteiger charge is 2.52. The van der Waals surface area contributed by atoms with E-state index in [9.17, 15) is 9.90 Å². The van der Waals surface area contributed by atoms with Crippen molar-refractivity contribution in [3.8, 4) is 5.75 Å². The number of carboxylic acid groups (broad SMARTS) is 1. The average Bonchev–Trinajstić information content (AvgIpc) is 2.95. The van der Waals surface area contributed by atoms with Crippen LogP contribution in [-0.4, -0.2) is 43.2 Å². The highest BCUT2D eigenvalue weighted by atomic mass is 16.7. The Morgan fingerprint density at radius 1 is 1.26 bits per heavy atom. The minimum atomic E-state index is -0.950. The molecule has 0 atom stereocenters. The lowest BCUT2D eigenvalue weighted by Gasteiger charge is -2.32. The van der Waals surface area contributed by atoms with E-state index < -0.39 is 24.4 Å². The van der Waals surface area contributed by atoms with Gasteiger partial charge in [0.05, 0.1) is 24.0 Å². The molecule has 1 N–H and O–H groups in total. The Hall–Kier alpha value is -1.73. The quantitative estimate of drug-likeness (QED) is 0.845. The molecular weight excluding hydrogens is 297 g/mol. The number of methoxy groups -OCH3 is 1. The molecule has 0 bridgehead atoms. The standard InChI is InChI=1S/C16H22BNO5/c1-15(2)16(3,4)23-17(22-15)11-9-12-10(8-13(11)21-5)6-7-18(12)14(19)20/h8-9H,6-7H2,1-5H3,(H,19,20). The predicted molar refractivity (Wildman–Crippen MR) is 87.8 cm³/mol. The first-order valence-electron chi connectivity index (χ1n) is 7.73. The molecular formula is C16H22BNO5. The van der Waals surface area contributed by atoms with Crippen LogP contribution in [0.2, 0.25) is 0 Å². The smallest absolute Gasteiger partial charge is 0.497 e. The number of fused-ring (bicyclic) bond motifs is 1. The highest BCUT2D eigenvalue weighted by molar-refractivity contribution is 6.63. The molecule has 1 amide bonds. The molecule has 0 aliphatic carbocycles. The summed E-state index contributed by atoms with van der Waals surface area (Å²) in [4.78, 5) is 12.7. The van der Waals surface area contributed by atoms with Gasteiger partial charge in [-0.05, 0) is 51.8 Å². The first-order valence-corrected chi connectivity index (χ1v) is 7.73. The van der Waals surface area contributed by atoms with E-state index in [1.165, 1.54) is 4.90 Å². The fourth-order valence-electron chi connectivity index (χ4n) is 2.96. The second-order valence-electron chi connectivity index (χ2n) is 7.00. The van der Waals surface area contributed by atoms with Crippen molar-refractivity contribution >= 4 is 24.4 Å². The SMILES string of the molecule is COc1cc2c(cc1B1OC(C)(C)C(C)(C)O1)N(C(=O)O)CC2. The molecule has 1 saturated heterocycles. The number of anilines is 1. The van der Waals surface area contributed by atoms with Gasteiger partial charge in [0.15, 0.2) is 0 Å². The van der Waals surface area contributed by atoms with Crippen molar-refractivity contribution < 1.29 is 23.9 Å². The van der Waals surface area contributed by atoms with Crippen molar-refractivity contribution in [3.63, 3.8) is 0 Å². The van der Waals surface area contributed by atoms with Crippen molar-refractivity contribution in [2.24, 2.45) is 0 Å². The molecule has 1 fully saturated rings. The van der Waals surface area contributed by atoms with Crippen LogP contribution in [0.25, 0.3) is 0 Å². The third kappa shape index (κ3) is 2.48. The summed E-state index contributed by atoms with van der Waals surface area (Å²) in [6, 6.07) is 3.70. The Bertz CT molecular complexity index is 642. The van der Waals surface area contributed by atoms with Crippen LogP contribution < -0.4 is 15.1 Å². The van der Waals surface area contributed by atoms with Gasteiger partial charge in [0.1, 0.15) is 5.75 Å². The van der Waals surface area contributed by atoms with E-state index in [-0.39, 0.29) is 0 Å². The van der Waals surface area contributed by atoms with E-state index in [0.29, 0.717) is 24.4 Å². The monoisotopic (exact) mass is 319 g/mol. The summed E-state index contributed by atoms with van der Waals surface area (Å²) in [5, 5.41) is 9.34. The fourth-order valence-corrected chi connectivity index (χ4v) is 2.96. The summed E-state index contributed by atoms with van der Waals surface area (Å²) in [5.41, 5.74) is 1.44.